The van der Waals surface area contributed by atoms with Crippen LogP contribution in [0.15, 0.2) is 12.1 Å². The molecule has 3 aliphatic rings. The third-order valence-electron chi connectivity index (χ3n) is 11.1. The van der Waals surface area contributed by atoms with E-state index in [-0.39, 0.29) is 16.6 Å². The van der Waals surface area contributed by atoms with Crippen molar-refractivity contribution >= 4 is 16.6 Å². The Balaban J connectivity index is 1.48. The molecule has 3 aliphatic carbocycles. The summed E-state index contributed by atoms with van der Waals surface area (Å²) in [6.07, 6.45) is -0.110. The van der Waals surface area contributed by atoms with E-state index >= 15 is 0 Å². The van der Waals surface area contributed by atoms with Crippen LogP contribution in [0.25, 0.3) is 0 Å². The van der Waals surface area contributed by atoms with Gasteiger partial charge in [-0.15, -0.1) is 0 Å². The summed E-state index contributed by atoms with van der Waals surface area (Å²) in [5, 5.41) is 10.7. The minimum atomic E-state index is -5.59. The van der Waals surface area contributed by atoms with E-state index < -0.39 is 40.5 Å². The predicted molar refractivity (Wildman–Crippen MR) is 161 cm³/mol. The number of benzene rings is 1. The summed E-state index contributed by atoms with van der Waals surface area (Å²) in [5.41, 5.74) is 2.97. The van der Waals surface area contributed by atoms with Gasteiger partial charge in [0.2, 0.25) is 0 Å². The molecule has 1 N–H and O–H groups in total. The Hall–Kier alpha value is -1.51. The monoisotopic (exact) mass is 632 g/mol. The van der Waals surface area contributed by atoms with E-state index in [1.807, 2.05) is 26.8 Å². The highest BCUT2D eigenvalue weighted by Crippen LogP contribution is 2.62. The van der Waals surface area contributed by atoms with E-state index in [4.69, 9.17) is 0 Å². The van der Waals surface area contributed by atoms with Crippen molar-refractivity contribution in [2.45, 2.75) is 135 Å². The van der Waals surface area contributed by atoms with E-state index in [1.54, 1.807) is 0 Å². The molecule has 43 heavy (non-hydrogen) atoms. The number of Topliss-reactive ketones (excluding diaryl/α,β-unsaturated/α-hetero) is 1. The molecule has 3 nitrogen and oxygen atoms in total. The number of carbonyl (C=O) groups excluding carboxylic acids is 1. The number of hydrogen-bond donors (Lipinski definition) is 1. The lowest BCUT2D eigenvalue weighted by Gasteiger charge is -2.52. The van der Waals surface area contributed by atoms with Crippen LogP contribution < -0.4 is 0 Å². The first-order valence-electron chi connectivity index (χ1n) is 15.9. The molecular weight excluding hydrogens is 583 g/mol. The van der Waals surface area contributed by atoms with Gasteiger partial charge in [-0.05, 0) is 123 Å². The van der Waals surface area contributed by atoms with Crippen LogP contribution in [0.5, 0.6) is 5.75 Å². The van der Waals surface area contributed by atoms with Gasteiger partial charge in [0.05, 0.1) is 0 Å². The highest BCUT2D eigenvalue weighted by molar-refractivity contribution is 7.86. The first-order valence-corrected chi connectivity index (χ1v) is 17.3. The van der Waals surface area contributed by atoms with Gasteiger partial charge in [-0.2, -0.15) is 22.0 Å². The van der Waals surface area contributed by atoms with Gasteiger partial charge in [0.15, 0.2) is 0 Å². The normalized spacial score (nSPS) is 28.8. The van der Waals surface area contributed by atoms with Gasteiger partial charge in [-0.1, -0.05) is 33.8 Å². The molecule has 0 heterocycles. The number of aromatic hydroxyl groups is 1. The van der Waals surface area contributed by atoms with Crippen molar-refractivity contribution in [1.29, 1.82) is 0 Å². The molecule has 0 spiro atoms. The first kappa shape index (κ1) is 34.4. The Bertz CT molecular complexity index is 1220. The van der Waals surface area contributed by atoms with Crippen LogP contribution in [0.1, 0.15) is 122 Å². The number of phenols is 1. The van der Waals surface area contributed by atoms with Crippen molar-refractivity contribution in [3.05, 3.63) is 28.8 Å². The third-order valence-corrected chi connectivity index (χ3v) is 13.2. The zero-order valence-corrected chi connectivity index (χ0v) is 27.3. The number of alkyl halides is 5. The van der Waals surface area contributed by atoms with E-state index in [0.29, 0.717) is 48.0 Å². The van der Waals surface area contributed by atoms with Crippen molar-refractivity contribution in [2.24, 2.45) is 28.6 Å². The largest absolute Gasteiger partial charge is 0.508 e. The summed E-state index contributed by atoms with van der Waals surface area (Å²) in [7, 11) is -1.57. The standard InChI is InChI=1S/C34H49F5O3S/c1-7-21-18-25-23(19-27(21)40)17-22(29-24(25)12-15-32(6)26(29)9-10-28(32)41)11-14-30(2,3)20-31(4,5)43(42)16-8-13-33(35,36)34(37,38)39/h18-19,22,24,26,29,40H,7-17,20H2,1-6H3/t22-,24-,26+,29-,32+,43?/m1/s1. The molecule has 0 bridgehead atoms. The number of carbonyl (C=O) groups is 1. The van der Waals surface area contributed by atoms with Crippen LogP contribution in [-0.4, -0.2) is 37.7 Å². The molecular formula is C34H49F5O3S. The Kier molecular flexibility index (Phi) is 9.60. The number of aryl methyl sites for hydroxylation is 1. The Morgan fingerprint density at radius 3 is 2.35 bits per heavy atom. The quantitative estimate of drug-likeness (QED) is 0.248. The maximum atomic E-state index is 13.4. The van der Waals surface area contributed by atoms with E-state index in [2.05, 4.69) is 26.8 Å². The molecule has 0 amide bonds. The Morgan fingerprint density at radius 1 is 1.05 bits per heavy atom. The van der Waals surface area contributed by atoms with Crippen LogP contribution in [-0.2, 0) is 28.4 Å². The molecule has 1 aromatic carbocycles. The van der Waals surface area contributed by atoms with Gasteiger partial charge in [-0.3, -0.25) is 9.00 Å². The molecule has 0 radical (unpaired) electrons. The number of ketones is 1. The smallest absolute Gasteiger partial charge is 0.453 e. The summed E-state index contributed by atoms with van der Waals surface area (Å²) in [5.74, 6) is -2.85. The fourth-order valence-corrected chi connectivity index (χ4v) is 10.5. The average molecular weight is 633 g/mol. The number of halogens is 5. The predicted octanol–water partition coefficient (Wildman–Crippen LogP) is 9.31. The molecule has 2 fully saturated rings. The number of hydrogen-bond acceptors (Lipinski definition) is 3. The van der Waals surface area contributed by atoms with Crippen molar-refractivity contribution < 1.29 is 36.1 Å². The SMILES string of the molecule is CCc1cc2c(cc1O)C[C@@H](CCC(C)(C)CC(C)(C)S(=O)CCCC(F)(F)C(F)(F)F)[C@@H]1[C@@H]2CC[C@]2(C)C(=O)CC[C@@H]12. The first-order chi connectivity index (χ1) is 19.7. The van der Waals surface area contributed by atoms with Crippen LogP contribution in [0, 0.1) is 28.6 Å². The molecule has 244 valence electrons. The lowest BCUT2D eigenvalue weighted by Crippen LogP contribution is -2.46. The molecule has 0 saturated heterocycles. The Labute approximate surface area is 256 Å². The molecule has 4 rings (SSSR count). The fourth-order valence-electron chi connectivity index (χ4n) is 8.94. The van der Waals surface area contributed by atoms with Gasteiger partial charge in [0.25, 0.3) is 0 Å². The van der Waals surface area contributed by atoms with Crippen molar-refractivity contribution in [3.63, 3.8) is 0 Å². The maximum absolute atomic E-state index is 13.4. The maximum Gasteiger partial charge on any atom is 0.453 e. The third kappa shape index (κ3) is 6.86. The van der Waals surface area contributed by atoms with Gasteiger partial charge in [-0.25, -0.2) is 0 Å². The Morgan fingerprint density at radius 2 is 1.72 bits per heavy atom. The molecule has 6 atom stereocenters. The van der Waals surface area contributed by atoms with E-state index in [9.17, 15) is 36.1 Å². The van der Waals surface area contributed by atoms with E-state index in [0.717, 1.165) is 50.5 Å². The lowest BCUT2D eigenvalue weighted by molar-refractivity contribution is -0.284. The highest BCUT2D eigenvalue weighted by atomic mass is 32.2. The molecule has 0 aliphatic heterocycles. The van der Waals surface area contributed by atoms with E-state index in [1.165, 1.54) is 11.1 Å². The van der Waals surface area contributed by atoms with Crippen molar-refractivity contribution in [1.82, 2.24) is 0 Å². The van der Waals surface area contributed by atoms with Crippen molar-refractivity contribution in [3.8, 4) is 5.75 Å². The summed E-state index contributed by atoms with van der Waals surface area (Å²) >= 11 is 0. The summed E-state index contributed by atoms with van der Waals surface area (Å²) in [4.78, 5) is 13.1. The summed E-state index contributed by atoms with van der Waals surface area (Å²) < 4.78 is 76.7. The molecule has 2 saturated carbocycles. The zero-order chi connectivity index (χ0) is 32.2. The second-order valence-corrected chi connectivity index (χ2v) is 17.4. The average Bonchev–Trinajstić information content (AvgIpc) is 3.19. The number of fused-ring (bicyclic) bond motifs is 5. The van der Waals surface area contributed by atoms with Gasteiger partial charge in [0.1, 0.15) is 11.5 Å². The van der Waals surface area contributed by atoms with Gasteiger partial charge in [0, 0.05) is 39.6 Å². The molecule has 1 unspecified atom stereocenters. The van der Waals surface area contributed by atoms with Crippen LogP contribution in [0.3, 0.4) is 0 Å². The van der Waals surface area contributed by atoms with Crippen LogP contribution in [0.4, 0.5) is 22.0 Å². The second kappa shape index (κ2) is 12.0. The number of phenolic OH excluding ortho intramolecular Hbond substituents is 1. The zero-order valence-electron chi connectivity index (χ0n) is 26.5. The summed E-state index contributed by atoms with van der Waals surface area (Å²) in [6.45, 7) is 12.1. The minimum Gasteiger partial charge on any atom is -0.508 e. The minimum absolute atomic E-state index is 0.199. The summed E-state index contributed by atoms with van der Waals surface area (Å²) in [6, 6.07) is 4.15. The second-order valence-electron chi connectivity index (χ2n) is 15.2. The molecule has 1 aromatic rings. The van der Waals surface area contributed by atoms with Crippen LogP contribution in [0.2, 0.25) is 0 Å². The van der Waals surface area contributed by atoms with Gasteiger partial charge >= 0.3 is 12.1 Å². The van der Waals surface area contributed by atoms with Gasteiger partial charge < -0.3 is 5.11 Å². The topological polar surface area (TPSA) is 54.4 Å². The lowest BCUT2D eigenvalue weighted by atomic mass is 9.52. The fraction of sp³-hybridized carbons (Fsp3) is 0.794. The van der Waals surface area contributed by atoms with Crippen molar-refractivity contribution in [2.75, 3.05) is 5.75 Å². The number of rotatable bonds is 11. The highest BCUT2D eigenvalue weighted by Gasteiger charge is 2.58. The molecule has 9 heteroatoms. The van der Waals surface area contributed by atoms with Crippen LogP contribution >= 0.6 is 0 Å². The molecule has 0 aromatic heterocycles.